The lowest BCUT2D eigenvalue weighted by Crippen LogP contribution is -2.09. The first-order valence-corrected chi connectivity index (χ1v) is 16.2. The molecule has 0 bridgehead atoms. The lowest BCUT2D eigenvalue weighted by molar-refractivity contribution is 1.02. The van der Waals surface area contributed by atoms with Crippen LogP contribution in [-0.2, 0) is 7.05 Å². The van der Waals surface area contributed by atoms with E-state index >= 15 is 0 Å². The van der Waals surface area contributed by atoms with E-state index in [2.05, 4.69) is 192 Å². The molecule has 2 heteroatoms. The zero-order valence-corrected chi connectivity index (χ0v) is 26.1. The maximum absolute atomic E-state index is 2.38. The Hall–Kier alpha value is -6.12. The quantitative estimate of drug-likeness (QED) is 0.178. The minimum absolute atomic E-state index is 1.13. The van der Waals surface area contributed by atoms with Crippen molar-refractivity contribution in [3.63, 3.8) is 0 Å². The van der Waals surface area contributed by atoms with Gasteiger partial charge < -0.3 is 9.47 Å². The van der Waals surface area contributed by atoms with Gasteiger partial charge in [0.05, 0.1) is 5.52 Å². The summed E-state index contributed by atoms with van der Waals surface area (Å²) in [6, 6.07) is 63.5. The molecule has 0 aliphatic heterocycles. The van der Waals surface area contributed by atoms with Crippen LogP contribution >= 0.6 is 0 Å². The first-order valence-electron chi connectivity index (χ1n) is 16.2. The van der Waals surface area contributed by atoms with Gasteiger partial charge in [0.15, 0.2) is 0 Å². The molecular weight excluding hydrogens is 569 g/mol. The van der Waals surface area contributed by atoms with E-state index in [1.54, 1.807) is 0 Å². The summed E-state index contributed by atoms with van der Waals surface area (Å²) in [4.78, 5) is 2.29. The Morgan fingerprint density at radius 3 is 1.38 bits per heavy atom. The fraction of sp³-hybridized carbons (Fsp3) is 0.0222. The molecule has 47 heavy (non-hydrogen) atoms. The van der Waals surface area contributed by atoms with Crippen LogP contribution in [0, 0.1) is 0 Å². The van der Waals surface area contributed by atoms with Gasteiger partial charge >= 0.3 is 0 Å². The monoisotopic (exact) mass is 600 g/mol. The highest BCUT2D eigenvalue weighted by molar-refractivity contribution is 6.31. The Bertz CT molecular complexity index is 2500. The number of rotatable bonds is 5. The van der Waals surface area contributed by atoms with Crippen LogP contribution in [-0.4, -0.2) is 4.57 Å². The molecule has 0 amide bonds. The molecule has 9 rings (SSSR count). The number of fused-ring (bicyclic) bond motifs is 8. The zero-order chi connectivity index (χ0) is 31.3. The standard InChI is InChI=1S/C45H32N2/c1-46-43-30-34(26-29-42(43)44-40-18-10-8-16-38(40)39-17-9-11-19-41(39)45(44)46)33-22-20-31(21-23-33)32-24-27-37(28-25-32)47(35-12-4-2-5-13-35)36-14-6-3-7-15-36/h2-30H,1H3. The fourth-order valence-electron chi connectivity index (χ4n) is 7.32. The summed E-state index contributed by atoms with van der Waals surface area (Å²) in [6.07, 6.45) is 0. The second kappa shape index (κ2) is 11.0. The third-order valence-corrected chi connectivity index (χ3v) is 9.58. The van der Waals surface area contributed by atoms with Gasteiger partial charge in [0, 0.05) is 45.8 Å². The van der Waals surface area contributed by atoms with Gasteiger partial charge in [0.25, 0.3) is 0 Å². The Labute approximate surface area is 274 Å². The first-order chi connectivity index (χ1) is 23.2. The summed E-state index contributed by atoms with van der Waals surface area (Å²) in [7, 11) is 2.21. The smallest absolute Gasteiger partial charge is 0.0574 e. The van der Waals surface area contributed by atoms with Gasteiger partial charge in [0.2, 0.25) is 0 Å². The van der Waals surface area contributed by atoms with Gasteiger partial charge in [-0.1, -0.05) is 133 Å². The van der Waals surface area contributed by atoms with Crippen LogP contribution in [0.2, 0.25) is 0 Å². The van der Waals surface area contributed by atoms with Crippen molar-refractivity contribution in [3.8, 4) is 22.3 Å². The molecule has 9 aromatic rings. The summed E-state index contributed by atoms with van der Waals surface area (Å²) < 4.78 is 2.38. The maximum Gasteiger partial charge on any atom is 0.0574 e. The molecule has 0 saturated heterocycles. The molecule has 0 N–H and O–H groups in total. The molecule has 0 saturated carbocycles. The van der Waals surface area contributed by atoms with Crippen LogP contribution < -0.4 is 4.90 Å². The number of hydrogen-bond acceptors (Lipinski definition) is 1. The predicted octanol–water partition coefficient (Wildman–Crippen LogP) is 12.4. The zero-order valence-electron chi connectivity index (χ0n) is 26.1. The maximum atomic E-state index is 2.38. The molecular formula is C45H32N2. The first kappa shape index (κ1) is 27.2. The number of aryl methyl sites for hydroxylation is 1. The van der Waals surface area contributed by atoms with E-state index in [0.29, 0.717) is 0 Å². The van der Waals surface area contributed by atoms with Crippen LogP contribution in [0.25, 0.3) is 65.6 Å². The summed E-state index contributed by atoms with van der Waals surface area (Å²) in [5.74, 6) is 0. The van der Waals surface area contributed by atoms with E-state index in [1.165, 1.54) is 65.6 Å². The number of nitrogens with zero attached hydrogens (tertiary/aromatic N) is 2. The molecule has 1 heterocycles. The molecule has 8 aromatic carbocycles. The number of hydrogen-bond donors (Lipinski definition) is 0. The minimum atomic E-state index is 1.13. The van der Waals surface area contributed by atoms with Crippen LogP contribution in [0.4, 0.5) is 17.1 Å². The number of para-hydroxylation sites is 2. The highest BCUT2D eigenvalue weighted by Crippen LogP contribution is 2.41. The van der Waals surface area contributed by atoms with Crippen molar-refractivity contribution in [1.29, 1.82) is 0 Å². The summed E-state index contributed by atoms with van der Waals surface area (Å²) >= 11 is 0. The third-order valence-electron chi connectivity index (χ3n) is 9.58. The van der Waals surface area contributed by atoms with E-state index in [1.807, 2.05) is 0 Å². The Balaban J connectivity index is 1.08. The predicted molar refractivity (Wildman–Crippen MR) is 201 cm³/mol. The normalized spacial score (nSPS) is 11.5. The van der Waals surface area contributed by atoms with Gasteiger partial charge in [-0.3, -0.25) is 0 Å². The molecule has 0 atom stereocenters. The summed E-state index contributed by atoms with van der Waals surface area (Å²) in [6.45, 7) is 0. The van der Waals surface area contributed by atoms with Crippen molar-refractivity contribution < 1.29 is 0 Å². The van der Waals surface area contributed by atoms with E-state index in [4.69, 9.17) is 0 Å². The van der Waals surface area contributed by atoms with Crippen molar-refractivity contribution in [2.45, 2.75) is 0 Å². The lowest BCUT2D eigenvalue weighted by Gasteiger charge is -2.25. The molecule has 222 valence electrons. The fourth-order valence-corrected chi connectivity index (χ4v) is 7.32. The van der Waals surface area contributed by atoms with Crippen molar-refractivity contribution in [2.75, 3.05) is 4.90 Å². The van der Waals surface area contributed by atoms with Crippen molar-refractivity contribution in [3.05, 3.63) is 176 Å². The largest absolute Gasteiger partial charge is 0.343 e. The second-order valence-corrected chi connectivity index (χ2v) is 12.2. The SMILES string of the molecule is Cn1c2cc(-c3ccc(-c4ccc(N(c5ccccc5)c5ccccc5)cc4)cc3)ccc2c2c3ccccc3c3ccccc3c21. The molecule has 0 aliphatic carbocycles. The average molecular weight is 601 g/mol. The molecule has 0 radical (unpaired) electrons. The van der Waals surface area contributed by atoms with Crippen LogP contribution in [0.3, 0.4) is 0 Å². The lowest BCUT2D eigenvalue weighted by atomic mass is 9.96. The van der Waals surface area contributed by atoms with Gasteiger partial charge in [-0.2, -0.15) is 0 Å². The second-order valence-electron chi connectivity index (χ2n) is 12.2. The molecule has 0 unspecified atom stereocenters. The number of benzene rings is 8. The number of aromatic nitrogens is 1. The topological polar surface area (TPSA) is 8.17 Å². The number of anilines is 3. The van der Waals surface area contributed by atoms with Crippen LogP contribution in [0.1, 0.15) is 0 Å². The summed E-state index contributed by atoms with van der Waals surface area (Å²) in [5.41, 5.74) is 10.8. The highest BCUT2D eigenvalue weighted by atomic mass is 15.1. The molecule has 1 aromatic heterocycles. The molecule has 0 fully saturated rings. The van der Waals surface area contributed by atoms with Crippen LogP contribution in [0.5, 0.6) is 0 Å². The van der Waals surface area contributed by atoms with Gasteiger partial charge in [-0.25, -0.2) is 0 Å². The molecule has 2 nitrogen and oxygen atoms in total. The molecule has 0 spiro atoms. The van der Waals surface area contributed by atoms with E-state index < -0.39 is 0 Å². The van der Waals surface area contributed by atoms with Gasteiger partial charge in [0.1, 0.15) is 0 Å². The van der Waals surface area contributed by atoms with E-state index in [9.17, 15) is 0 Å². The van der Waals surface area contributed by atoms with Gasteiger partial charge in [-0.05, 0) is 80.9 Å². The van der Waals surface area contributed by atoms with E-state index in [-0.39, 0.29) is 0 Å². The van der Waals surface area contributed by atoms with Crippen molar-refractivity contribution >= 4 is 60.4 Å². The highest BCUT2D eigenvalue weighted by Gasteiger charge is 2.17. The van der Waals surface area contributed by atoms with Gasteiger partial charge in [-0.15, -0.1) is 0 Å². The third kappa shape index (κ3) is 4.49. The molecule has 0 aliphatic rings. The van der Waals surface area contributed by atoms with Crippen molar-refractivity contribution in [2.24, 2.45) is 7.05 Å². The Morgan fingerprint density at radius 2 is 0.787 bits per heavy atom. The minimum Gasteiger partial charge on any atom is -0.343 e. The average Bonchev–Trinajstić information content (AvgIpc) is 3.45. The van der Waals surface area contributed by atoms with E-state index in [0.717, 1.165) is 17.1 Å². The van der Waals surface area contributed by atoms with Crippen LogP contribution in [0.15, 0.2) is 176 Å². The summed E-state index contributed by atoms with van der Waals surface area (Å²) in [5, 5.41) is 7.85. The van der Waals surface area contributed by atoms with Crippen molar-refractivity contribution in [1.82, 2.24) is 4.57 Å². The Morgan fingerprint density at radius 1 is 0.362 bits per heavy atom. The Kier molecular flexibility index (Phi) is 6.39.